The molecule has 0 aliphatic carbocycles. The molecular weight excluding hydrogens is 294 g/mol. The van der Waals surface area contributed by atoms with Gasteiger partial charge in [-0.05, 0) is 31.3 Å². The van der Waals surface area contributed by atoms with Gasteiger partial charge in [0.25, 0.3) is 0 Å². The topological polar surface area (TPSA) is 113 Å². The van der Waals surface area contributed by atoms with Crippen molar-refractivity contribution >= 4 is 21.7 Å². The number of nitrogens with zero attached hydrogens (tertiary/aromatic N) is 1. The predicted molar refractivity (Wildman–Crippen MR) is 80.8 cm³/mol. The number of nitrogens with one attached hydrogen (secondary N) is 1. The lowest BCUT2D eigenvalue weighted by molar-refractivity contribution is 0.0692. The zero-order valence-electron chi connectivity index (χ0n) is 12.2. The summed E-state index contributed by atoms with van der Waals surface area (Å²) in [6.45, 7) is 6.39. The van der Waals surface area contributed by atoms with Crippen molar-refractivity contribution < 1.29 is 18.3 Å². The number of carboxylic acid groups (broad SMARTS) is 1. The number of hydrogen-bond acceptors (Lipinski definition) is 5. The van der Waals surface area contributed by atoms with Crippen LogP contribution in [0.15, 0.2) is 23.1 Å². The normalized spacial score (nSPS) is 11.8. The molecular formula is C13H21N3O4S. The highest BCUT2D eigenvalue weighted by molar-refractivity contribution is 7.89. The summed E-state index contributed by atoms with van der Waals surface area (Å²) in [5, 5.41) is 9.09. The van der Waals surface area contributed by atoms with Gasteiger partial charge in [0.05, 0.1) is 10.5 Å². The quantitative estimate of drug-likeness (QED) is 0.605. The van der Waals surface area contributed by atoms with E-state index in [0.29, 0.717) is 6.54 Å². The Morgan fingerprint density at radius 1 is 1.33 bits per heavy atom. The first kappa shape index (κ1) is 17.4. The van der Waals surface area contributed by atoms with Gasteiger partial charge in [-0.15, -0.1) is 0 Å². The molecule has 0 amide bonds. The maximum atomic E-state index is 12.2. The molecule has 1 aromatic rings. The van der Waals surface area contributed by atoms with Crippen molar-refractivity contribution in [1.29, 1.82) is 0 Å². The first-order valence-electron chi connectivity index (χ1n) is 6.66. The third-order valence-corrected chi connectivity index (χ3v) is 4.66. The van der Waals surface area contributed by atoms with E-state index < -0.39 is 16.0 Å². The Balaban J connectivity index is 2.91. The monoisotopic (exact) mass is 315 g/mol. The van der Waals surface area contributed by atoms with Gasteiger partial charge in [-0.1, -0.05) is 13.8 Å². The van der Waals surface area contributed by atoms with Crippen molar-refractivity contribution in [2.45, 2.75) is 18.7 Å². The number of nitrogens with two attached hydrogens (primary N) is 1. The Hall–Kier alpha value is -1.64. The first-order chi connectivity index (χ1) is 9.81. The van der Waals surface area contributed by atoms with Crippen LogP contribution in [0.5, 0.6) is 0 Å². The Kier molecular flexibility index (Phi) is 6.13. The molecule has 0 bridgehead atoms. The Bertz CT molecular complexity index is 597. The van der Waals surface area contributed by atoms with Gasteiger partial charge in [-0.25, -0.2) is 17.9 Å². The second kappa shape index (κ2) is 7.39. The fraction of sp³-hybridized carbons (Fsp3) is 0.462. The molecule has 0 aliphatic heterocycles. The van der Waals surface area contributed by atoms with E-state index in [1.54, 1.807) is 0 Å². The summed E-state index contributed by atoms with van der Waals surface area (Å²) >= 11 is 0. The third kappa shape index (κ3) is 4.69. The van der Waals surface area contributed by atoms with Gasteiger partial charge in [-0.2, -0.15) is 0 Å². The van der Waals surface area contributed by atoms with Gasteiger partial charge in [-0.3, -0.25) is 0 Å². The van der Waals surface area contributed by atoms with Crippen LogP contribution in [0.4, 0.5) is 5.69 Å². The van der Waals surface area contributed by atoms with Crippen molar-refractivity contribution in [3.63, 3.8) is 0 Å². The van der Waals surface area contributed by atoms with Crippen LogP contribution in [0, 0.1) is 0 Å². The van der Waals surface area contributed by atoms with E-state index in [-0.39, 0.29) is 22.7 Å². The molecule has 0 aliphatic rings. The standard InChI is InChI=1S/C13H21N3O4S/c1-3-16(4-2)8-7-15-21(19,20)12-6-5-10(14)9-11(12)13(17)18/h5-6,9,15H,3-4,7-8,14H2,1-2H3,(H,17,18). The van der Waals surface area contributed by atoms with E-state index in [4.69, 9.17) is 10.8 Å². The van der Waals surface area contributed by atoms with Gasteiger partial charge >= 0.3 is 5.97 Å². The summed E-state index contributed by atoms with van der Waals surface area (Å²) in [7, 11) is -3.88. The number of hydrogen-bond donors (Lipinski definition) is 3. The highest BCUT2D eigenvalue weighted by atomic mass is 32.2. The lowest BCUT2D eigenvalue weighted by Crippen LogP contribution is -2.35. The molecule has 0 saturated carbocycles. The van der Waals surface area contributed by atoms with Crippen molar-refractivity contribution in [3.05, 3.63) is 23.8 Å². The lowest BCUT2D eigenvalue weighted by atomic mass is 10.2. The van der Waals surface area contributed by atoms with Crippen molar-refractivity contribution in [1.82, 2.24) is 9.62 Å². The minimum absolute atomic E-state index is 0.203. The molecule has 4 N–H and O–H groups in total. The first-order valence-corrected chi connectivity index (χ1v) is 8.15. The van der Waals surface area contributed by atoms with Gasteiger partial charge in [0, 0.05) is 18.8 Å². The van der Waals surface area contributed by atoms with E-state index in [2.05, 4.69) is 9.62 Å². The fourth-order valence-corrected chi connectivity index (χ4v) is 3.10. The van der Waals surface area contributed by atoms with Crippen molar-refractivity contribution in [2.24, 2.45) is 0 Å². The summed E-state index contributed by atoms with van der Waals surface area (Å²) < 4.78 is 26.8. The fourth-order valence-electron chi connectivity index (χ4n) is 1.90. The molecule has 0 fully saturated rings. The van der Waals surface area contributed by atoms with Crippen LogP contribution in [-0.4, -0.2) is 50.6 Å². The highest BCUT2D eigenvalue weighted by Gasteiger charge is 2.22. The molecule has 21 heavy (non-hydrogen) atoms. The Morgan fingerprint density at radius 3 is 2.48 bits per heavy atom. The third-order valence-electron chi connectivity index (χ3n) is 3.14. The smallest absolute Gasteiger partial charge is 0.337 e. The molecule has 0 heterocycles. The molecule has 8 heteroatoms. The molecule has 1 aromatic carbocycles. The number of carbonyl (C=O) groups is 1. The molecule has 118 valence electrons. The summed E-state index contributed by atoms with van der Waals surface area (Å²) in [4.78, 5) is 12.9. The average Bonchev–Trinajstić information content (AvgIpc) is 2.43. The molecule has 1 rings (SSSR count). The number of carboxylic acids is 1. The Labute approximate surface area is 124 Å². The summed E-state index contributed by atoms with van der Waals surface area (Å²) in [5.41, 5.74) is 5.37. The SMILES string of the molecule is CCN(CC)CCNS(=O)(=O)c1ccc(N)cc1C(=O)O. The van der Waals surface area contributed by atoms with E-state index in [1.807, 2.05) is 13.8 Å². The van der Waals surface area contributed by atoms with Gasteiger partial charge in [0.1, 0.15) is 0 Å². The molecule has 0 atom stereocenters. The number of sulfonamides is 1. The number of aromatic carboxylic acids is 1. The number of likely N-dealkylation sites (N-methyl/N-ethyl adjacent to an activating group) is 1. The Morgan fingerprint density at radius 2 is 1.95 bits per heavy atom. The second-order valence-electron chi connectivity index (χ2n) is 4.49. The second-order valence-corrected chi connectivity index (χ2v) is 6.22. The van der Waals surface area contributed by atoms with Gasteiger partial charge < -0.3 is 15.7 Å². The predicted octanol–water partition coefficient (Wildman–Crippen LogP) is 0.587. The molecule has 7 nitrogen and oxygen atoms in total. The maximum absolute atomic E-state index is 12.2. The minimum atomic E-state index is -3.88. The zero-order valence-corrected chi connectivity index (χ0v) is 13.0. The molecule has 0 radical (unpaired) electrons. The molecule has 0 saturated heterocycles. The van der Waals surface area contributed by atoms with Crippen LogP contribution in [0.25, 0.3) is 0 Å². The number of rotatable bonds is 8. The number of anilines is 1. The summed E-state index contributed by atoms with van der Waals surface area (Å²) in [6.07, 6.45) is 0. The van der Waals surface area contributed by atoms with Crippen LogP contribution in [0.1, 0.15) is 24.2 Å². The molecule has 0 aromatic heterocycles. The highest BCUT2D eigenvalue weighted by Crippen LogP contribution is 2.18. The largest absolute Gasteiger partial charge is 0.478 e. The number of nitrogen functional groups attached to an aromatic ring is 1. The molecule has 0 unspecified atom stereocenters. The minimum Gasteiger partial charge on any atom is -0.478 e. The van der Waals surface area contributed by atoms with Crippen LogP contribution in [0.3, 0.4) is 0 Å². The van der Waals surface area contributed by atoms with Crippen molar-refractivity contribution in [2.75, 3.05) is 31.9 Å². The van der Waals surface area contributed by atoms with E-state index in [9.17, 15) is 13.2 Å². The van der Waals surface area contributed by atoms with E-state index >= 15 is 0 Å². The van der Waals surface area contributed by atoms with Crippen LogP contribution >= 0.6 is 0 Å². The van der Waals surface area contributed by atoms with E-state index in [1.165, 1.54) is 12.1 Å². The lowest BCUT2D eigenvalue weighted by Gasteiger charge is -2.18. The van der Waals surface area contributed by atoms with E-state index in [0.717, 1.165) is 19.2 Å². The van der Waals surface area contributed by atoms with Crippen LogP contribution in [-0.2, 0) is 10.0 Å². The van der Waals surface area contributed by atoms with Crippen molar-refractivity contribution in [3.8, 4) is 0 Å². The van der Waals surface area contributed by atoms with Gasteiger partial charge in [0.15, 0.2) is 0 Å². The molecule has 0 spiro atoms. The van der Waals surface area contributed by atoms with Crippen LogP contribution < -0.4 is 10.5 Å². The summed E-state index contributed by atoms with van der Waals surface area (Å²) in [5.74, 6) is -1.33. The average molecular weight is 315 g/mol. The number of benzene rings is 1. The maximum Gasteiger partial charge on any atom is 0.337 e. The van der Waals surface area contributed by atoms with Crippen LogP contribution in [0.2, 0.25) is 0 Å². The zero-order chi connectivity index (χ0) is 16.0. The van der Waals surface area contributed by atoms with Gasteiger partial charge in [0.2, 0.25) is 10.0 Å². The summed E-state index contributed by atoms with van der Waals surface area (Å²) in [6, 6.07) is 3.71.